The van der Waals surface area contributed by atoms with Crippen molar-refractivity contribution >= 4 is 5.97 Å². The van der Waals surface area contributed by atoms with Crippen LogP contribution in [0.1, 0.15) is 258 Å². The number of allylic oxidation sites excluding steroid dienone is 8. The molecule has 1 heterocycles. The molecule has 0 bridgehead atoms. The highest BCUT2D eigenvalue weighted by molar-refractivity contribution is 5.69. The first kappa shape index (κ1) is 64.2. The van der Waals surface area contributed by atoms with Crippen molar-refractivity contribution in [3.63, 3.8) is 0 Å². The summed E-state index contributed by atoms with van der Waals surface area (Å²) in [6.45, 7) is 4.47. The monoisotopic (exact) mass is 961 g/mol. The molecule has 9 nitrogen and oxygen atoms in total. The Balaban J connectivity index is 2.15. The molecular formula is C59H108O9. The number of esters is 1. The fraction of sp³-hybridized carbons (Fsp3) is 0.847. The summed E-state index contributed by atoms with van der Waals surface area (Å²) in [4.78, 5) is 12.9. The molecule has 0 saturated carbocycles. The highest BCUT2D eigenvalue weighted by Gasteiger charge is 2.44. The smallest absolute Gasteiger partial charge is 0.306 e. The maximum Gasteiger partial charge on any atom is 0.306 e. The maximum atomic E-state index is 12.9. The second kappa shape index (κ2) is 50.1. The van der Waals surface area contributed by atoms with Crippen LogP contribution in [0.25, 0.3) is 0 Å². The van der Waals surface area contributed by atoms with E-state index in [0.717, 1.165) is 70.6 Å². The molecule has 0 amide bonds. The largest absolute Gasteiger partial charge is 0.457 e. The number of aliphatic hydroxyl groups excluding tert-OH is 4. The van der Waals surface area contributed by atoms with E-state index >= 15 is 0 Å². The summed E-state index contributed by atoms with van der Waals surface area (Å²) in [5, 5.41) is 40.3. The SMILES string of the molecule is CC/C=C\C/C=C\C/C=C\C/C=C\CCCCCCCCCOCC(COC1OC(CO)C(O)C(O)C1O)OC(=O)CCCCCCCCCCCCCCCCCCCCCCCCCCC. The number of hydrogen-bond acceptors (Lipinski definition) is 9. The molecule has 4 N–H and O–H groups in total. The molecule has 6 atom stereocenters. The van der Waals surface area contributed by atoms with Crippen LogP contribution in [0.4, 0.5) is 0 Å². The first-order valence-corrected chi connectivity index (χ1v) is 28.7. The zero-order valence-corrected chi connectivity index (χ0v) is 44.1. The van der Waals surface area contributed by atoms with Gasteiger partial charge in [-0.1, -0.05) is 249 Å². The first-order valence-electron chi connectivity index (χ1n) is 28.7. The molecule has 9 heteroatoms. The Morgan fingerprint density at radius 2 is 0.897 bits per heavy atom. The molecular weight excluding hydrogens is 853 g/mol. The topological polar surface area (TPSA) is 135 Å². The van der Waals surface area contributed by atoms with Gasteiger partial charge in [0.2, 0.25) is 0 Å². The number of unbranched alkanes of at least 4 members (excludes halogenated alkanes) is 31. The Hall–Kier alpha value is -1.85. The summed E-state index contributed by atoms with van der Waals surface area (Å²) in [6, 6.07) is 0. The summed E-state index contributed by atoms with van der Waals surface area (Å²) in [7, 11) is 0. The number of hydrogen-bond donors (Lipinski definition) is 4. The Kier molecular flexibility index (Phi) is 47.3. The minimum atomic E-state index is -1.54. The second-order valence-electron chi connectivity index (χ2n) is 19.7. The van der Waals surface area contributed by atoms with Crippen molar-refractivity contribution < 1.29 is 44.2 Å². The van der Waals surface area contributed by atoms with Gasteiger partial charge in [-0.3, -0.25) is 4.79 Å². The van der Waals surface area contributed by atoms with Crippen LogP contribution >= 0.6 is 0 Å². The van der Waals surface area contributed by atoms with Crippen LogP contribution in [0.2, 0.25) is 0 Å². The Morgan fingerprint density at radius 1 is 0.485 bits per heavy atom. The van der Waals surface area contributed by atoms with Crippen molar-refractivity contribution in [3.8, 4) is 0 Å². The normalized spacial score (nSPS) is 19.4. The van der Waals surface area contributed by atoms with E-state index in [2.05, 4.69) is 62.5 Å². The number of rotatable bonds is 50. The number of aliphatic hydroxyl groups is 4. The average molecular weight is 962 g/mol. The van der Waals surface area contributed by atoms with Gasteiger partial charge in [-0.25, -0.2) is 0 Å². The maximum absolute atomic E-state index is 12.9. The van der Waals surface area contributed by atoms with Gasteiger partial charge in [-0.2, -0.15) is 0 Å². The molecule has 6 unspecified atom stereocenters. The first-order chi connectivity index (χ1) is 33.4. The standard InChI is InChI=1S/C59H108O9/c1-3-5-7-9-11-13-15-17-19-21-23-25-26-27-28-29-30-32-34-36-38-40-42-44-46-48-55(61)67-53(52-66-59-58(64)57(63)56(62)54(50-60)68-59)51-65-49-47-45-43-41-39-37-35-33-31-24-22-20-18-16-14-12-10-8-6-4-2/h6,8,12,14,18,20,24,31,53-54,56-60,62-64H,3-5,7,9-11,13,15-17,19,21-23,25-30,32-52H2,1-2H3/b8-6-,14-12-,20-18-,31-24-. The minimum Gasteiger partial charge on any atom is -0.457 e. The molecule has 0 aliphatic carbocycles. The molecule has 398 valence electrons. The lowest BCUT2D eigenvalue weighted by molar-refractivity contribution is -0.305. The third-order valence-corrected chi connectivity index (χ3v) is 13.3. The lowest BCUT2D eigenvalue weighted by atomic mass is 9.99. The van der Waals surface area contributed by atoms with Crippen LogP contribution in [0.5, 0.6) is 0 Å². The molecule has 0 spiro atoms. The van der Waals surface area contributed by atoms with E-state index in [4.69, 9.17) is 18.9 Å². The lowest BCUT2D eigenvalue weighted by Gasteiger charge is -2.39. The molecule has 0 aromatic heterocycles. The summed E-state index contributed by atoms with van der Waals surface area (Å²) in [5.41, 5.74) is 0. The molecule has 68 heavy (non-hydrogen) atoms. The van der Waals surface area contributed by atoms with E-state index in [0.29, 0.717) is 13.0 Å². The summed E-state index contributed by atoms with van der Waals surface area (Å²) in [5.74, 6) is -0.313. The van der Waals surface area contributed by atoms with E-state index in [1.165, 1.54) is 167 Å². The number of carbonyl (C=O) groups is 1. The Labute approximate surface area is 418 Å². The van der Waals surface area contributed by atoms with E-state index in [1.54, 1.807) is 0 Å². The van der Waals surface area contributed by atoms with Crippen molar-refractivity contribution in [1.29, 1.82) is 0 Å². The summed E-state index contributed by atoms with van der Waals surface area (Å²) < 4.78 is 23.0. The lowest BCUT2D eigenvalue weighted by Crippen LogP contribution is -2.59. The van der Waals surface area contributed by atoms with Gasteiger partial charge in [0.05, 0.1) is 19.8 Å². The van der Waals surface area contributed by atoms with Crippen LogP contribution in [0, 0.1) is 0 Å². The average Bonchev–Trinajstić information content (AvgIpc) is 3.34. The van der Waals surface area contributed by atoms with Gasteiger partial charge in [-0.05, 0) is 51.4 Å². The van der Waals surface area contributed by atoms with E-state index in [9.17, 15) is 25.2 Å². The zero-order chi connectivity index (χ0) is 49.2. The Morgan fingerprint density at radius 3 is 1.35 bits per heavy atom. The van der Waals surface area contributed by atoms with Crippen LogP contribution < -0.4 is 0 Å². The van der Waals surface area contributed by atoms with E-state index < -0.39 is 43.4 Å². The highest BCUT2D eigenvalue weighted by Crippen LogP contribution is 2.23. The van der Waals surface area contributed by atoms with Crippen molar-refractivity contribution in [2.45, 2.75) is 295 Å². The van der Waals surface area contributed by atoms with Crippen LogP contribution in [0.3, 0.4) is 0 Å². The van der Waals surface area contributed by atoms with Gasteiger partial charge >= 0.3 is 5.97 Å². The van der Waals surface area contributed by atoms with E-state index in [-0.39, 0.29) is 19.2 Å². The predicted molar refractivity (Wildman–Crippen MR) is 284 cm³/mol. The molecule has 0 radical (unpaired) electrons. The van der Waals surface area contributed by atoms with Gasteiger partial charge in [0.25, 0.3) is 0 Å². The molecule has 1 saturated heterocycles. The number of ether oxygens (including phenoxy) is 4. The molecule has 1 fully saturated rings. The van der Waals surface area contributed by atoms with Gasteiger partial charge in [0, 0.05) is 13.0 Å². The molecule has 1 aliphatic rings. The van der Waals surface area contributed by atoms with Crippen molar-refractivity contribution in [2.24, 2.45) is 0 Å². The van der Waals surface area contributed by atoms with Crippen LogP contribution in [-0.4, -0.2) is 89.6 Å². The summed E-state index contributed by atoms with van der Waals surface area (Å²) >= 11 is 0. The Bertz CT molecular complexity index is 1180. The van der Waals surface area contributed by atoms with Crippen LogP contribution in [0.15, 0.2) is 48.6 Å². The predicted octanol–water partition coefficient (Wildman–Crippen LogP) is 14.8. The second-order valence-corrected chi connectivity index (χ2v) is 19.7. The van der Waals surface area contributed by atoms with Gasteiger partial charge < -0.3 is 39.4 Å². The van der Waals surface area contributed by atoms with Crippen molar-refractivity contribution in [1.82, 2.24) is 0 Å². The number of carbonyl (C=O) groups excluding carboxylic acids is 1. The molecule has 0 aromatic carbocycles. The third kappa shape index (κ3) is 39.8. The summed E-state index contributed by atoms with van der Waals surface area (Å²) in [6.07, 6.45) is 57.3. The van der Waals surface area contributed by atoms with Gasteiger partial charge in [0.1, 0.15) is 30.5 Å². The van der Waals surface area contributed by atoms with Crippen molar-refractivity contribution in [3.05, 3.63) is 48.6 Å². The molecule has 0 aromatic rings. The van der Waals surface area contributed by atoms with Crippen LogP contribution in [-0.2, 0) is 23.7 Å². The third-order valence-electron chi connectivity index (χ3n) is 13.3. The van der Waals surface area contributed by atoms with Gasteiger partial charge in [0.15, 0.2) is 6.29 Å². The highest BCUT2D eigenvalue weighted by atomic mass is 16.7. The fourth-order valence-corrected chi connectivity index (χ4v) is 8.84. The molecule has 1 rings (SSSR count). The molecule has 1 aliphatic heterocycles. The fourth-order valence-electron chi connectivity index (χ4n) is 8.84. The minimum absolute atomic E-state index is 0.116. The zero-order valence-electron chi connectivity index (χ0n) is 44.1. The van der Waals surface area contributed by atoms with E-state index in [1.807, 2.05) is 0 Å². The van der Waals surface area contributed by atoms with Crippen molar-refractivity contribution in [2.75, 3.05) is 26.4 Å². The van der Waals surface area contributed by atoms with Gasteiger partial charge in [-0.15, -0.1) is 0 Å². The quantitative estimate of drug-likeness (QED) is 0.0267.